The summed E-state index contributed by atoms with van der Waals surface area (Å²) in [4.78, 5) is 25.1. The predicted molar refractivity (Wildman–Crippen MR) is 140 cm³/mol. The van der Waals surface area contributed by atoms with Crippen molar-refractivity contribution < 1.29 is 19.1 Å². The zero-order chi connectivity index (χ0) is 24.5. The Morgan fingerprint density at radius 1 is 1.00 bits per heavy atom. The summed E-state index contributed by atoms with van der Waals surface area (Å²) >= 11 is 3.72. The van der Waals surface area contributed by atoms with Crippen molar-refractivity contribution >= 4 is 49.4 Å². The van der Waals surface area contributed by atoms with Gasteiger partial charge in [-0.2, -0.15) is 0 Å². The van der Waals surface area contributed by atoms with Gasteiger partial charge in [-0.3, -0.25) is 9.59 Å². The van der Waals surface area contributed by atoms with Crippen molar-refractivity contribution in [3.63, 3.8) is 0 Å². The van der Waals surface area contributed by atoms with E-state index in [-0.39, 0.29) is 29.9 Å². The number of esters is 2. The number of ether oxygens (including phenoxy) is 2. The lowest BCUT2D eigenvalue weighted by atomic mass is 9.87. The van der Waals surface area contributed by atoms with Crippen LogP contribution < -0.4 is 0 Å². The van der Waals surface area contributed by atoms with E-state index in [0.717, 1.165) is 21.8 Å². The third-order valence-electron chi connectivity index (χ3n) is 7.17. The number of carbonyl (C=O) groups is 2. The van der Waals surface area contributed by atoms with Crippen molar-refractivity contribution in [1.29, 1.82) is 0 Å². The fourth-order valence-corrected chi connectivity index (χ4v) is 5.27. The molecule has 34 heavy (non-hydrogen) atoms. The van der Waals surface area contributed by atoms with Crippen LogP contribution in [0.3, 0.4) is 0 Å². The highest BCUT2D eigenvalue weighted by Gasteiger charge is 2.34. The van der Waals surface area contributed by atoms with Crippen LogP contribution in [0.2, 0.25) is 0 Å². The quantitative estimate of drug-likeness (QED) is 0.245. The zero-order valence-electron chi connectivity index (χ0n) is 20.4. The molecule has 1 aliphatic carbocycles. The topological polar surface area (TPSA) is 52.6 Å². The van der Waals surface area contributed by atoms with E-state index in [1.165, 1.54) is 16.2 Å². The molecule has 4 nitrogen and oxygen atoms in total. The summed E-state index contributed by atoms with van der Waals surface area (Å²) in [7, 11) is 0. The number of hydrogen-bond donors (Lipinski definition) is 0. The Hall–Kier alpha value is -2.40. The molecule has 1 saturated carbocycles. The molecule has 0 aliphatic heterocycles. The summed E-state index contributed by atoms with van der Waals surface area (Å²) in [5.41, 5.74) is 0.205. The minimum atomic E-state index is -0.754. The Labute approximate surface area is 210 Å². The highest BCUT2D eigenvalue weighted by Crippen LogP contribution is 2.37. The summed E-state index contributed by atoms with van der Waals surface area (Å²) in [6.45, 7) is 7.76. The first kappa shape index (κ1) is 24.7. The lowest BCUT2D eigenvalue weighted by molar-refractivity contribution is -0.166. The Bertz CT molecular complexity index is 1210. The van der Waals surface area contributed by atoms with Crippen molar-refractivity contribution in [2.24, 2.45) is 11.8 Å². The molecule has 0 amide bonds. The molecule has 0 heterocycles. The summed E-state index contributed by atoms with van der Waals surface area (Å²) in [6.07, 6.45) is 3.46. The molecule has 1 fully saturated rings. The molecule has 0 N–H and O–H groups in total. The molecular formula is C29H33BrO4. The Morgan fingerprint density at radius 2 is 1.71 bits per heavy atom. The summed E-state index contributed by atoms with van der Waals surface area (Å²) in [5.74, 6) is -0.545. The van der Waals surface area contributed by atoms with Crippen LogP contribution in [0.1, 0.15) is 65.4 Å². The Balaban J connectivity index is 1.44. The van der Waals surface area contributed by atoms with Gasteiger partial charge in [0, 0.05) is 4.47 Å². The van der Waals surface area contributed by atoms with Crippen molar-refractivity contribution in [3.8, 4) is 0 Å². The van der Waals surface area contributed by atoms with Gasteiger partial charge in [0.25, 0.3) is 0 Å². The van der Waals surface area contributed by atoms with Gasteiger partial charge in [0.05, 0.1) is 11.8 Å². The molecule has 0 spiro atoms. The van der Waals surface area contributed by atoms with Crippen LogP contribution >= 0.6 is 15.9 Å². The molecule has 180 valence electrons. The average molecular weight is 525 g/mol. The standard InChI is InChI=1S/C29H33BrO4/c1-5-18(2)27(31)33-22-13-10-19(11-14-22)28(32)34-29(3,4)21-12-15-24-23-9-7-6-8-20(23)16-26(30)25(24)17-21/h6-9,12,15-19,22H,5,10-11,13-14H2,1-4H3. The molecule has 1 aliphatic rings. The smallest absolute Gasteiger partial charge is 0.309 e. The fourth-order valence-electron chi connectivity index (χ4n) is 4.69. The van der Waals surface area contributed by atoms with Gasteiger partial charge in [-0.05, 0) is 85.2 Å². The minimum Gasteiger partial charge on any atom is -0.462 e. The van der Waals surface area contributed by atoms with Crippen LogP contribution in [0.15, 0.2) is 53.0 Å². The van der Waals surface area contributed by atoms with E-state index >= 15 is 0 Å². The van der Waals surface area contributed by atoms with E-state index in [1.54, 1.807) is 0 Å². The maximum absolute atomic E-state index is 13.0. The van der Waals surface area contributed by atoms with E-state index in [2.05, 4.69) is 58.4 Å². The number of fused-ring (bicyclic) bond motifs is 3. The molecule has 5 heteroatoms. The molecule has 3 aromatic carbocycles. The molecule has 0 radical (unpaired) electrons. The number of hydrogen-bond acceptors (Lipinski definition) is 4. The number of halogens is 1. The lowest BCUT2D eigenvalue weighted by Crippen LogP contribution is -2.34. The van der Waals surface area contributed by atoms with Gasteiger partial charge in [-0.25, -0.2) is 0 Å². The first-order valence-corrected chi connectivity index (χ1v) is 13.0. The third kappa shape index (κ3) is 5.14. The van der Waals surface area contributed by atoms with Crippen molar-refractivity contribution in [2.75, 3.05) is 0 Å². The third-order valence-corrected chi connectivity index (χ3v) is 7.82. The summed E-state index contributed by atoms with van der Waals surface area (Å²) in [5, 5.41) is 4.66. The first-order valence-electron chi connectivity index (χ1n) is 12.2. The minimum absolute atomic E-state index is 0.0801. The van der Waals surface area contributed by atoms with E-state index in [4.69, 9.17) is 9.47 Å². The number of benzene rings is 3. The van der Waals surface area contributed by atoms with Gasteiger partial charge >= 0.3 is 11.9 Å². The molecule has 0 bridgehead atoms. The molecule has 3 aromatic rings. The predicted octanol–water partition coefficient (Wildman–Crippen LogP) is 7.68. The Kier molecular flexibility index (Phi) is 7.32. The zero-order valence-corrected chi connectivity index (χ0v) is 22.0. The molecular weight excluding hydrogens is 492 g/mol. The van der Waals surface area contributed by atoms with Crippen molar-refractivity contribution in [2.45, 2.75) is 71.5 Å². The molecule has 1 unspecified atom stereocenters. The molecule has 1 atom stereocenters. The molecule has 0 aromatic heterocycles. The summed E-state index contributed by atoms with van der Waals surface area (Å²) in [6, 6.07) is 16.8. The van der Waals surface area contributed by atoms with Crippen LogP contribution in [0.4, 0.5) is 0 Å². The van der Waals surface area contributed by atoms with Crippen LogP contribution in [-0.2, 0) is 24.7 Å². The van der Waals surface area contributed by atoms with E-state index in [9.17, 15) is 9.59 Å². The maximum Gasteiger partial charge on any atom is 0.309 e. The van der Waals surface area contributed by atoms with Gasteiger partial charge in [0.15, 0.2) is 0 Å². The SMILES string of the molecule is CCC(C)C(=O)OC1CCC(C(=O)OC(C)(C)c2ccc3c(c2)c(Br)cc2ccccc23)CC1. The second-order valence-electron chi connectivity index (χ2n) is 9.99. The van der Waals surface area contributed by atoms with E-state index < -0.39 is 5.60 Å². The van der Waals surface area contributed by atoms with Crippen LogP contribution in [-0.4, -0.2) is 18.0 Å². The Morgan fingerprint density at radius 3 is 2.41 bits per heavy atom. The van der Waals surface area contributed by atoms with Gasteiger partial charge in [0.2, 0.25) is 0 Å². The molecule has 0 saturated heterocycles. The van der Waals surface area contributed by atoms with Crippen LogP contribution in [0.25, 0.3) is 21.5 Å². The fraction of sp³-hybridized carbons (Fsp3) is 0.448. The van der Waals surface area contributed by atoms with Crippen LogP contribution in [0, 0.1) is 11.8 Å². The second kappa shape index (κ2) is 10.1. The van der Waals surface area contributed by atoms with Gasteiger partial charge in [-0.15, -0.1) is 0 Å². The van der Waals surface area contributed by atoms with Gasteiger partial charge in [0.1, 0.15) is 11.7 Å². The highest BCUT2D eigenvalue weighted by atomic mass is 79.9. The number of rotatable bonds is 6. The average Bonchev–Trinajstić information content (AvgIpc) is 2.83. The van der Waals surface area contributed by atoms with E-state index in [0.29, 0.717) is 25.7 Å². The van der Waals surface area contributed by atoms with Gasteiger partial charge in [-0.1, -0.05) is 66.2 Å². The number of carbonyl (C=O) groups excluding carboxylic acids is 2. The largest absolute Gasteiger partial charge is 0.462 e. The van der Waals surface area contributed by atoms with Crippen LogP contribution in [0.5, 0.6) is 0 Å². The summed E-state index contributed by atoms with van der Waals surface area (Å²) < 4.78 is 12.7. The van der Waals surface area contributed by atoms with E-state index in [1.807, 2.05) is 33.8 Å². The monoisotopic (exact) mass is 524 g/mol. The van der Waals surface area contributed by atoms with Crippen molar-refractivity contribution in [3.05, 3.63) is 58.6 Å². The highest BCUT2D eigenvalue weighted by molar-refractivity contribution is 9.10. The maximum atomic E-state index is 13.0. The molecule has 4 rings (SSSR count). The van der Waals surface area contributed by atoms with Gasteiger partial charge < -0.3 is 9.47 Å². The second-order valence-corrected chi connectivity index (χ2v) is 10.8. The van der Waals surface area contributed by atoms with Crippen molar-refractivity contribution in [1.82, 2.24) is 0 Å². The normalized spacial score (nSPS) is 19.7. The first-order chi connectivity index (χ1) is 16.2. The lowest BCUT2D eigenvalue weighted by Gasteiger charge is -2.32.